The van der Waals surface area contributed by atoms with Crippen LogP contribution < -0.4 is 0 Å². The molecule has 130 valence electrons. The van der Waals surface area contributed by atoms with Crippen LogP contribution in [0.15, 0.2) is 24.3 Å². The zero-order valence-electron chi connectivity index (χ0n) is 14.6. The Morgan fingerprint density at radius 1 is 1.48 bits per heavy atom. The molecule has 0 fully saturated rings. The van der Waals surface area contributed by atoms with Gasteiger partial charge in [0.1, 0.15) is 0 Å². The summed E-state index contributed by atoms with van der Waals surface area (Å²) in [6.45, 7) is 4.15. The number of carbonyl (C=O) groups excluding carboxylic acids is 2. The standard InChI is InChI=1S/C18H29NO4/c1-5-6-7-8-13(2)11-16(21)18-14(9-10-15(18)20)12-17(22)19(3)23-4/h6-7,9-10,13-14,16,18,21H,5,8,11-12H2,1-4H3/b7-6-/t13-,14+,16?,18?/m0/s1. The minimum absolute atomic E-state index is 0.0910. The van der Waals surface area contributed by atoms with Crippen molar-refractivity contribution in [3.63, 3.8) is 0 Å². The Kier molecular flexibility index (Phi) is 8.20. The van der Waals surface area contributed by atoms with E-state index in [0.717, 1.165) is 17.9 Å². The average molecular weight is 323 g/mol. The number of amides is 1. The molecule has 0 bridgehead atoms. The SMILES string of the molecule is CC/C=C\C[C@H](C)CC(O)C1C(=O)C=C[C@@H]1CC(=O)N(C)OC. The largest absolute Gasteiger partial charge is 0.392 e. The van der Waals surface area contributed by atoms with E-state index >= 15 is 0 Å². The predicted molar refractivity (Wildman–Crippen MR) is 89.4 cm³/mol. The molecule has 4 atom stereocenters. The number of rotatable bonds is 9. The third-order valence-corrected chi connectivity index (χ3v) is 4.33. The number of hydrogen-bond acceptors (Lipinski definition) is 4. The second-order valence-corrected chi connectivity index (χ2v) is 6.25. The Morgan fingerprint density at radius 3 is 2.78 bits per heavy atom. The summed E-state index contributed by atoms with van der Waals surface area (Å²) in [4.78, 5) is 28.9. The average Bonchev–Trinajstić information content (AvgIpc) is 2.87. The van der Waals surface area contributed by atoms with Crippen molar-refractivity contribution in [1.82, 2.24) is 5.06 Å². The molecule has 0 aromatic carbocycles. The Labute approximate surface area is 139 Å². The molecule has 0 saturated carbocycles. The van der Waals surface area contributed by atoms with Crippen LogP contribution in [0.1, 0.15) is 39.5 Å². The van der Waals surface area contributed by atoms with E-state index in [-0.39, 0.29) is 24.0 Å². The first-order valence-electron chi connectivity index (χ1n) is 8.26. The fraction of sp³-hybridized carbons (Fsp3) is 0.667. The molecule has 0 aromatic rings. The summed E-state index contributed by atoms with van der Waals surface area (Å²) in [5, 5.41) is 11.6. The first kappa shape index (κ1) is 19.6. The number of allylic oxidation sites excluding steroid dienone is 4. The van der Waals surface area contributed by atoms with Gasteiger partial charge in [0.2, 0.25) is 5.91 Å². The van der Waals surface area contributed by atoms with Gasteiger partial charge in [0.15, 0.2) is 5.78 Å². The molecular formula is C18H29NO4. The van der Waals surface area contributed by atoms with E-state index in [4.69, 9.17) is 4.84 Å². The normalized spacial score (nSPS) is 23.4. The number of ketones is 1. The predicted octanol–water partition coefficient (Wildman–Crippen LogP) is 2.51. The zero-order valence-corrected chi connectivity index (χ0v) is 14.6. The number of hydroxylamine groups is 2. The summed E-state index contributed by atoms with van der Waals surface area (Å²) in [5.74, 6) is -0.790. The maximum atomic E-state index is 12.1. The molecule has 0 heterocycles. The van der Waals surface area contributed by atoms with Crippen LogP contribution >= 0.6 is 0 Å². The van der Waals surface area contributed by atoms with Crippen molar-refractivity contribution in [2.45, 2.75) is 45.6 Å². The Bertz CT molecular complexity index is 458. The minimum Gasteiger partial charge on any atom is -0.392 e. The number of aliphatic hydroxyl groups excluding tert-OH is 1. The lowest BCUT2D eigenvalue weighted by atomic mass is 9.82. The van der Waals surface area contributed by atoms with E-state index in [0.29, 0.717) is 12.3 Å². The summed E-state index contributed by atoms with van der Waals surface area (Å²) in [6, 6.07) is 0. The molecule has 2 unspecified atom stereocenters. The third-order valence-electron chi connectivity index (χ3n) is 4.33. The van der Waals surface area contributed by atoms with Gasteiger partial charge < -0.3 is 5.11 Å². The van der Waals surface area contributed by atoms with Crippen LogP contribution in [0.2, 0.25) is 0 Å². The monoisotopic (exact) mass is 323 g/mol. The van der Waals surface area contributed by atoms with Gasteiger partial charge in [-0.25, -0.2) is 5.06 Å². The fourth-order valence-corrected chi connectivity index (χ4v) is 2.91. The number of hydrogen-bond donors (Lipinski definition) is 1. The Balaban J connectivity index is 2.62. The lowest BCUT2D eigenvalue weighted by molar-refractivity contribution is -0.169. The van der Waals surface area contributed by atoms with Crippen molar-refractivity contribution in [1.29, 1.82) is 0 Å². The van der Waals surface area contributed by atoms with Gasteiger partial charge >= 0.3 is 0 Å². The third kappa shape index (κ3) is 5.92. The van der Waals surface area contributed by atoms with Crippen LogP contribution in [0.4, 0.5) is 0 Å². The van der Waals surface area contributed by atoms with Crippen LogP contribution in [-0.2, 0) is 14.4 Å². The van der Waals surface area contributed by atoms with E-state index in [9.17, 15) is 14.7 Å². The quantitative estimate of drug-likeness (QED) is 0.523. The van der Waals surface area contributed by atoms with Gasteiger partial charge in [-0.1, -0.05) is 32.1 Å². The minimum atomic E-state index is -0.729. The van der Waals surface area contributed by atoms with Crippen LogP contribution in [0, 0.1) is 17.8 Å². The first-order chi connectivity index (χ1) is 10.9. The lowest BCUT2D eigenvalue weighted by Crippen LogP contribution is -2.35. The fourth-order valence-electron chi connectivity index (χ4n) is 2.91. The van der Waals surface area contributed by atoms with Gasteiger partial charge in [-0.05, 0) is 37.2 Å². The molecule has 5 nitrogen and oxygen atoms in total. The maximum Gasteiger partial charge on any atom is 0.246 e. The highest BCUT2D eigenvalue weighted by Gasteiger charge is 2.37. The van der Waals surface area contributed by atoms with Gasteiger partial charge in [-0.15, -0.1) is 0 Å². The van der Waals surface area contributed by atoms with Gasteiger partial charge in [0, 0.05) is 13.5 Å². The molecule has 1 aliphatic carbocycles. The molecule has 1 amide bonds. The van der Waals surface area contributed by atoms with Gasteiger partial charge in [0.05, 0.1) is 19.1 Å². The second-order valence-electron chi connectivity index (χ2n) is 6.25. The molecule has 1 rings (SSSR count). The summed E-state index contributed by atoms with van der Waals surface area (Å²) in [5.41, 5.74) is 0. The van der Waals surface area contributed by atoms with Crippen LogP contribution in [0.25, 0.3) is 0 Å². The smallest absolute Gasteiger partial charge is 0.246 e. The second kappa shape index (κ2) is 9.63. The summed E-state index contributed by atoms with van der Waals surface area (Å²) >= 11 is 0. The van der Waals surface area contributed by atoms with E-state index in [1.165, 1.54) is 20.2 Å². The van der Waals surface area contributed by atoms with E-state index < -0.39 is 12.0 Å². The maximum absolute atomic E-state index is 12.1. The highest BCUT2D eigenvalue weighted by atomic mass is 16.7. The van der Waals surface area contributed by atoms with Crippen molar-refractivity contribution in [2.75, 3.05) is 14.2 Å². The van der Waals surface area contributed by atoms with E-state index in [1.54, 1.807) is 6.08 Å². The Morgan fingerprint density at radius 2 is 2.17 bits per heavy atom. The van der Waals surface area contributed by atoms with E-state index in [2.05, 4.69) is 26.0 Å². The molecule has 0 aliphatic heterocycles. The number of aliphatic hydroxyl groups is 1. The van der Waals surface area contributed by atoms with Crippen LogP contribution in [0.3, 0.4) is 0 Å². The highest BCUT2D eigenvalue weighted by molar-refractivity contribution is 5.95. The van der Waals surface area contributed by atoms with Crippen molar-refractivity contribution in [3.05, 3.63) is 24.3 Å². The van der Waals surface area contributed by atoms with Crippen molar-refractivity contribution in [2.24, 2.45) is 17.8 Å². The number of carbonyl (C=O) groups is 2. The molecule has 0 radical (unpaired) electrons. The van der Waals surface area contributed by atoms with Crippen molar-refractivity contribution in [3.8, 4) is 0 Å². The summed E-state index contributed by atoms with van der Waals surface area (Å²) < 4.78 is 0. The Hall–Kier alpha value is -1.46. The molecule has 1 aliphatic rings. The topological polar surface area (TPSA) is 66.8 Å². The summed E-state index contributed by atoms with van der Waals surface area (Å²) in [7, 11) is 2.96. The van der Waals surface area contributed by atoms with Gasteiger partial charge in [0.25, 0.3) is 0 Å². The molecular weight excluding hydrogens is 294 g/mol. The van der Waals surface area contributed by atoms with Crippen LogP contribution in [-0.4, -0.2) is 42.1 Å². The molecule has 0 saturated heterocycles. The molecule has 5 heteroatoms. The molecule has 0 aromatic heterocycles. The van der Waals surface area contributed by atoms with Crippen molar-refractivity contribution < 1.29 is 19.5 Å². The molecule has 0 spiro atoms. The molecule has 1 N–H and O–H groups in total. The first-order valence-corrected chi connectivity index (χ1v) is 8.26. The highest BCUT2D eigenvalue weighted by Crippen LogP contribution is 2.32. The van der Waals surface area contributed by atoms with Gasteiger partial charge in [-0.3, -0.25) is 14.4 Å². The summed E-state index contributed by atoms with van der Waals surface area (Å²) in [6.07, 6.45) is 9.31. The van der Waals surface area contributed by atoms with Crippen LogP contribution in [0.5, 0.6) is 0 Å². The zero-order chi connectivity index (χ0) is 17.4. The molecule has 23 heavy (non-hydrogen) atoms. The van der Waals surface area contributed by atoms with Gasteiger partial charge in [-0.2, -0.15) is 0 Å². The lowest BCUT2D eigenvalue weighted by Gasteiger charge is -2.26. The van der Waals surface area contributed by atoms with Crippen molar-refractivity contribution >= 4 is 11.7 Å². The van der Waals surface area contributed by atoms with E-state index in [1.807, 2.05) is 0 Å². The number of nitrogens with zero attached hydrogens (tertiary/aromatic N) is 1.